The SMILES string of the molecule is CCc1cccc(C)c1NC(=O)CCCNC(=O)c1ccco1. The lowest BCUT2D eigenvalue weighted by molar-refractivity contribution is -0.116. The molecular formula is C18H22N2O3. The minimum Gasteiger partial charge on any atom is -0.459 e. The molecule has 0 aliphatic rings. The van der Waals surface area contributed by atoms with Crippen LogP contribution in [-0.2, 0) is 11.2 Å². The van der Waals surface area contributed by atoms with Crippen LogP contribution in [0.2, 0.25) is 0 Å². The van der Waals surface area contributed by atoms with Crippen LogP contribution in [0.4, 0.5) is 5.69 Å². The van der Waals surface area contributed by atoms with Gasteiger partial charge in [-0.1, -0.05) is 25.1 Å². The van der Waals surface area contributed by atoms with Gasteiger partial charge in [-0.25, -0.2) is 0 Å². The number of amides is 2. The van der Waals surface area contributed by atoms with Gasteiger partial charge >= 0.3 is 0 Å². The third-order valence-electron chi connectivity index (χ3n) is 3.62. The quantitative estimate of drug-likeness (QED) is 0.770. The van der Waals surface area contributed by atoms with Gasteiger partial charge in [-0.15, -0.1) is 0 Å². The van der Waals surface area contributed by atoms with E-state index in [0.717, 1.165) is 23.2 Å². The van der Waals surface area contributed by atoms with E-state index >= 15 is 0 Å². The second-order valence-electron chi connectivity index (χ2n) is 5.35. The number of hydrogen-bond donors (Lipinski definition) is 2. The second kappa shape index (κ2) is 8.17. The summed E-state index contributed by atoms with van der Waals surface area (Å²) in [4.78, 5) is 23.7. The Bertz CT molecular complexity index is 663. The van der Waals surface area contributed by atoms with E-state index in [4.69, 9.17) is 4.42 Å². The summed E-state index contributed by atoms with van der Waals surface area (Å²) in [7, 11) is 0. The van der Waals surface area contributed by atoms with Gasteiger partial charge in [0.15, 0.2) is 5.76 Å². The van der Waals surface area contributed by atoms with Crippen molar-refractivity contribution < 1.29 is 14.0 Å². The van der Waals surface area contributed by atoms with Crippen LogP contribution >= 0.6 is 0 Å². The topological polar surface area (TPSA) is 71.3 Å². The van der Waals surface area contributed by atoms with Crippen LogP contribution in [0.5, 0.6) is 0 Å². The van der Waals surface area contributed by atoms with Gasteiger partial charge in [0, 0.05) is 18.7 Å². The minimum atomic E-state index is -0.261. The maximum Gasteiger partial charge on any atom is 0.286 e. The molecular weight excluding hydrogens is 292 g/mol. The number of aryl methyl sites for hydroxylation is 2. The number of para-hydroxylation sites is 1. The maximum absolute atomic E-state index is 12.1. The largest absolute Gasteiger partial charge is 0.459 e. The highest BCUT2D eigenvalue weighted by atomic mass is 16.3. The first kappa shape index (κ1) is 16.8. The van der Waals surface area contributed by atoms with Gasteiger partial charge in [-0.3, -0.25) is 9.59 Å². The number of rotatable bonds is 7. The number of furan rings is 1. The first-order valence-electron chi connectivity index (χ1n) is 7.82. The van der Waals surface area contributed by atoms with Crippen LogP contribution in [0.25, 0.3) is 0 Å². The van der Waals surface area contributed by atoms with Crippen LogP contribution in [0.1, 0.15) is 41.4 Å². The zero-order chi connectivity index (χ0) is 16.7. The summed E-state index contributed by atoms with van der Waals surface area (Å²) in [6, 6.07) is 9.26. The molecule has 2 amide bonds. The van der Waals surface area contributed by atoms with Crippen molar-refractivity contribution in [3.05, 3.63) is 53.5 Å². The van der Waals surface area contributed by atoms with Gasteiger partial charge < -0.3 is 15.1 Å². The van der Waals surface area contributed by atoms with Crippen LogP contribution in [0, 0.1) is 6.92 Å². The van der Waals surface area contributed by atoms with Gasteiger partial charge in [0.2, 0.25) is 5.91 Å². The van der Waals surface area contributed by atoms with E-state index in [9.17, 15) is 9.59 Å². The van der Waals surface area contributed by atoms with Gasteiger partial charge in [0.1, 0.15) is 0 Å². The third kappa shape index (κ3) is 4.71. The Balaban J connectivity index is 1.77. The van der Waals surface area contributed by atoms with Crippen molar-refractivity contribution >= 4 is 17.5 Å². The van der Waals surface area contributed by atoms with E-state index in [-0.39, 0.29) is 17.6 Å². The molecule has 0 bridgehead atoms. The van der Waals surface area contributed by atoms with E-state index in [1.165, 1.54) is 6.26 Å². The summed E-state index contributed by atoms with van der Waals surface area (Å²) in [5.41, 5.74) is 3.09. The molecule has 2 rings (SSSR count). The number of benzene rings is 1. The Kier molecular flexibility index (Phi) is 5.97. The van der Waals surface area contributed by atoms with Gasteiger partial charge in [0.25, 0.3) is 5.91 Å². The number of anilines is 1. The summed E-state index contributed by atoms with van der Waals surface area (Å²) in [5.74, 6) is -0.0224. The average molecular weight is 314 g/mol. The molecule has 0 radical (unpaired) electrons. The summed E-state index contributed by atoms with van der Waals surface area (Å²) in [6.45, 7) is 4.48. The molecule has 1 aromatic carbocycles. The molecule has 23 heavy (non-hydrogen) atoms. The lowest BCUT2D eigenvalue weighted by Crippen LogP contribution is -2.25. The molecule has 0 atom stereocenters. The zero-order valence-corrected chi connectivity index (χ0v) is 13.5. The molecule has 5 heteroatoms. The lowest BCUT2D eigenvalue weighted by Gasteiger charge is -2.13. The maximum atomic E-state index is 12.1. The standard InChI is InChI=1S/C18H22N2O3/c1-3-14-8-4-7-13(2)17(14)20-16(21)10-5-11-19-18(22)15-9-6-12-23-15/h4,6-9,12H,3,5,10-11H2,1-2H3,(H,19,22)(H,20,21). The summed E-state index contributed by atoms with van der Waals surface area (Å²) in [6.07, 6.45) is 3.26. The van der Waals surface area contributed by atoms with Crippen molar-refractivity contribution in [1.82, 2.24) is 5.32 Å². The van der Waals surface area contributed by atoms with E-state index in [1.807, 2.05) is 25.1 Å². The zero-order valence-electron chi connectivity index (χ0n) is 13.5. The predicted molar refractivity (Wildman–Crippen MR) is 89.5 cm³/mol. The van der Waals surface area contributed by atoms with Crippen LogP contribution in [-0.4, -0.2) is 18.4 Å². The third-order valence-corrected chi connectivity index (χ3v) is 3.62. The van der Waals surface area contributed by atoms with Gasteiger partial charge in [0.05, 0.1) is 6.26 Å². The van der Waals surface area contributed by atoms with E-state index in [0.29, 0.717) is 19.4 Å². The Morgan fingerprint density at radius 3 is 2.70 bits per heavy atom. The molecule has 0 spiro atoms. The van der Waals surface area contributed by atoms with Crippen molar-refractivity contribution in [2.45, 2.75) is 33.1 Å². The Morgan fingerprint density at radius 2 is 2.00 bits per heavy atom. The first-order chi connectivity index (χ1) is 11.1. The predicted octanol–water partition coefficient (Wildman–Crippen LogP) is 3.30. The molecule has 0 aliphatic carbocycles. The first-order valence-corrected chi connectivity index (χ1v) is 7.82. The molecule has 0 saturated carbocycles. The Morgan fingerprint density at radius 1 is 1.17 bits per heavy atom. The molecule has 0 fully saturated rings. The molecule has 0 aliphatic heterocycles. The van der Waals surface area contributed by atoms with Crippen LogP contribution in [0.3, 0.4) is 0 Å². The Hall–Kier alpha value is -2.56. The normalized spacial score (nSPS) is 10.3. The average Bonchev–Trinajstić information content (AvgIpc) is 3.08. The van der Waals surface area contributed by atoms with Crippen LogP contribution < -0.4 is 10.6 Å². The monoisotopic (exact) mass is 314 g/mol. The number of hydrogen-bond acceptors (Lipinski definition) is 3. The number of carbonyl (C=O) groups excluding carboxylic acids is 2. The van der Waals surface area contributed by atoms with Crippen molar-refractivity contribution in [2.24, 2.45) is 0 Å². The molecule has 1 aromatic heterocycles. The fraction of sp³-hybridized carbons (Fsp3) is 0.333. The fourth-order valence-electron chi connectivity index (χ4n) is 2.35. The van der Waals surface area contributed by atoms with E-state index in [2.05, 4.69) is 17.6 Å². The fourth-order valence-corrected chi connectivity index (χ4v) is 2.35. The molecule has 2 N–H and O–H groups in total. The van der Waals surface area contributed by atoms with Crippen molar-refractivity contribution in [3.63, 3.8) is 0 Å². The van der Waals surface area contributed by atoms with Crippen molar-refractivity contribution in [1.29, 1.82) is 0 Å². The summed E-state index contributed by atoms with van der Waals surface area (Å²) >= 11 is 0. The smallest absolute Gasteiger partial charge is 0.286 e. The van der Waals surface area contributed by atoms with Crippen molar-refractivity contribution in [2.75, 3.05) is 11.9 Å². The molecule has 122 valence electrons. The van der Waals surface area contributed by atoms with Crippen LogP contribution in [0.15, 0.2) is 41.0 Å². The number of nitrogens with one attached hydrogen (secondary N) is 2. The Labute approximate surface area is 136 Å². The lowest BCUT2D eigenvalue weighted by atomic mass is 10.1. The summed E-state index contributed by atoms with van der Waals surface area (Å²) in [5, 5.41) is 5.70. The van der Waals surface area contributed by atoms with Gasteiger partial charge in [-0.05, 0) is 43.0 Å². The van der Waals surface area contributed by atoms with E-state index in [1.54, 1.807) is 12.1 Å². The highest BCUT2D eigenvalue weighted by Gasteiger charge is 2.10. The molecule has 0 unspecified atom stereocenters. The molecule has 0 saturated heterocycles. The molecule has 5 nitrogen and oxygen atoms in total. The van der Waals surface area contributed by atoms with E-state index < -0.39 is 0 Å². The minimum absolute atomic E-state index is 0.0405. The van der Waals surface area contributed by atoms with Gasteiger partial charge in [-0.2, -0.15) is 0 Å². The number of carbonyl (C=O) groups is 2. The highest BCUT2D eigenvalue weighted by Crippen LogP contribution is 2.21. The second-order valence-corrected chi connectivity index (χ2v) is 5.35. The molecule has 2 aromatic rings. The summed E-state index contributed by atoms with van der Waals surface area (Å²) < 4.78 is 5.00. The molecule has 1 heterocycles. The highest BCUT2D eigenvalue weighted by molar-refractivity contribution is 5.93. The van der Waals surface area contributed by atoms with Crippen molar-refractivity contribution in [3.8, 4) is 0 Å².